The molecular weight excluding hydrogens is 244 g/mol. The Morgan fingerprint density at radius 1 is 1.50 bits per heavy atom. The minimum Gasteiger partial charge on any atom is -0.381 e. The van der Waals surface area contributed by atoms with E-state index < -0.39 is 0 Å². The lowest BCUT2D eigenvalue weighted by Gasteiger charge is -2.03. The molecule has 2 N–H and O–H groups in total. The molecule has 0 amide bonds. The number of aromatic nitrogens is 1. The molecule has 86 valence electrons. The van der Waals surface area contributed by atoms with Crippen molar-refractivity contribution in [2.45, 2.75) is 20.3 Å². The maximum atomic E-state index is 5.90. The smallest absolute Gasteiger partial charge is 0.182 e. The summed E-state index contributed by atoms with van der Waals surface area (Å²) >= 11 is 7.37. The van der Waals surface area contributed by atoms with Crippen LogP contribution in [0.1, 0.15) is 19.4 Å². The normalized spacial score (nSPS) is 11.2. The monoisotopic (exact) mass is 256 g/mol. The molecule has 2 aromatic heterocycles. The summed E-state index contributed by atoms with van der Waals surface area (Å²) in [5, 5.41) is 3.82. The maximum Gasteiger partial charge on any atom is 0.182 e. The highest BCUT2D eigenvalue weighted by atomic mass is 35.5. The third-order valence-corrected chi connectivity index (χ3v) is 3.46. The van der Waals surface area contributed by atoms with Gasteiger partial charge in [-0.15, -0.1) is 11.3 Å². The molecule has 0 aliphatic heterocycles. The van der Waals surface area contributed by atoms with E-state index in [1.54, 1.807) is 0 Å². The van der Waals surface area contributed by atoms with Gasteiger partial charge in [-0.25, -0.2) is 0 Å². The molecule has 0 saturated carbocycles. The largest absolute Gasteiger partial charge is 0.381 e. The number of halogens is 1. The van der Waals surface area contributed by atoms with Gasteiger partial charge >= 0.3 is 0 Å². The van der Waals surface area contributed by atoms with Gasteiger partial charge in [-0.05, 0) is 24.5 Å². The van der Waals surface area contributed by atoms with Crippen LogP contribution in [0.5, 0.6) is 0 Å². The average Bonchev–Trinajstić information content (AvgIpc) is 2.75. The van der Waals surface area contributed by atoms with Crippen molar-refractivity contribution in [3.63, 3.8) is 0 Å². The molecule has 0 aliphatic carbocycles. The molecule has 0 spiro atoms. The maximum absolute atomic E-state index is 5.90. The molecule has 0 aliphatic rings. The van der Waals surface area contributed by atoms with Crippen LogP contribution in [-0.2, 0) is 6.42 Å². The molecule has 0 radical (unpaired) electrons. The Labute approximate surface area is 103 Å². The van der Waals surface area contributed by atoms with Crippen molar-refractivity contribution >= 4 is 28.8 Å². The fraction of sp³-hybridized carbons (Fsp3) is 0.364. The van der Waals surface area contributed by atoms with Crippen molar-refractivity contribution < 1.29 is 4.52 Å². The second-order valence-electron chi connectivity index (χ2n) is 4.08. The molecule has 0 unspecified atom stereocenters. The van der Waals surface area contributed by atoms with Crippen LogP contribution in [0.3, 0.4) is 0 Å². The fourth-order valence-corrected chi connectivity index (χ4v) is 2.60. The molecule has 0 saturated heterocycles. The van der Waals surface area contributed by atoms with Gasteiger partial charge in [-0.1, -0.05) is 30.6 Å². The van der Waals surface area contributed by atoms with Crippen molar-refractivity contribution in [1.29, 1.82) is 0 Å². The predicted molar refractivity (Wildman–Crippen MR) is 67.8 cm³/mol. The lowest BCUT2D eigenvalue weighted by Crippen LogP contribution is -1.98. The number of nitrogens with zero attached hydrogens (tertiary/aromatic N) is 1. The van der Waals surface area contributed by atoms with E-state index in [2.05, 4.69) is 19.0 Å². The average molecular weight is 257 g/mol. The summed E-state index contributed by atoms with van der Waals surface area (Å²) in [6.45, 7) is 4.27. The zero-order chi connectivity index (χ0) is 11.7. The highest BCUT2D eigenvalue weighted by Gasteiger charge is 2.18. The second-order valence-corrected chi connectivity index (χ2v) is 5.79. The Morgan fingerprint density at radius 2 is 2.25 bits per heavy atom. The van der Waals surface area contributed by atoms with Gasteiger partial charge in [0.15, 0.2) is 11.6 Å². The van der Waals surface area contributed by atoms with Crippen LogP contribution < -0.4 is 5.73 Å². The first-order valence-electron chi connectivity index (χ1n) is 5.07. The Bertz CT molecular complexity index is 490. The van der Waals surface area contributed by atoms with Gasteiger partial charge in [0.2, 0.25) is 0 Å². The van der Waals surface area contributed by atoms with Crippen LogP contribution in [0.4, 0.5) is 5.82 Å². The van der Waals surface area contributed by atoms with Crippen LogP contribution in [0.15, 0.2) is 16.7 Å². The molecule has 3 nitrogen and oxygen atoms in total. The lowest BCUT2D eigenvalue weighted by atomic mass is 10.0. The molecule has 0 fully saturated rings. The standard InChI is InChI=1S/C11H13ClN2OS/c1-6(2)5-7-10(15-14-11(7)13)8-3-4-9(12)16-8/h3-4,6H,5H2,1-2H3,(H2,13,14). The molecule has 2 rings (SSSR count). The molecule has 2 heterocycles. The van der Waals surface area contributed by atoms with E-state index in [1.165, 1.54) is 11.3 Å². The van der Waals surface area contributed by atoms with E-state index >= 15 is 0 Å². The van der Waals surface area contributed by atoms with Crippen LogP contribution in [0.2, 0.25) is 4.34 Å². The van der Waals surface area contributed by atoms with Crippen molar-refractivity contribution in [3.8, 4) is 10.6 Å². The van der Waals surface area contributed by atoms with E-state index in [-0.39, 0.29) is 0 Å². The van der Waals surface area contributed by atoms with Crippen molar-refractivity contribution in [3.05, 3.63) is 22.0 Å². The Morgan fingerprint density at radius 3 is 2.81 bits per heavy atom. The molecule has 0 atom stereocenters. The van der Waals surface area contributed by atoms with E-state index in [9.17, 15) is 0 Å². The quantitative estimate of drug-likeness (QED) is 0.908. The van der Waals surface area contributed by atoms with E-state index in [4.69, 9.17) is 21.9 Å². The summed E-state index contributed by atoms with van der Waals surface area (Å²) in [6, 6.07) is 3.77. The number of hydrogen-bond acceptors (Lipinski definition) is 4. The summed E-state index contributed by atoms with van der Waals surface area (Å²) in [5.41, 5.74) is 6.78. The predicted octanol–water partition coefficient (Wildman–Crippen LogP) is 3.84. The molecule has 0 aromatic carbocycles. The topological polar surface area (TPSA) is 52.0 Å². The summed E-state index contributed by atoms with van der Waals surface area (Å²) in [4.78, 5) is 0.977. The Kier molecular flexibility index (Phi) is 3.21. The van der Waals surface area contributed by atoms with E-state index in [1.807, 2.05) is 12.1 Å². The minimum atomic E-state index is 0.480. The third-order valence-electron chi connectivity index (χ3n) is 2.23. The van der Waals surface area contributed by atoms with Gasteiger partial charge < -0.3 is 10.3 Å². The fourth-order valence-electron chi connectivity index (χ4n) is 1.56. The van der Waals surface area contributed by atoms with E-state index in [0.29, 0.717) is 11.7 Å². The molecular formula is C11H13ClN2OS. The first-order chi connectivity index (χ1) is 7.58. The number of rotatable bonds is 3. The first kappa shape index (κ1) is 11.5. The Balaban J connectivity index is 2.41. The van der Waals surface area contributed by atoms with Crippen LogP contribution >= 0.6 is 22.9 Å². The summed E-state index contributed by atoms with van der Waals surface area (Å²) in [7, 11) is 0. The van der Waals surface area contributed by atoms with Gasteiger partial charge in [-0.3, -0.25) is 0 Å². The highest BCUT2D eigenvalue weighted by Crippen LogP contribution is 2.36. The molecule has 16 heavy (non-hydrogen) atoms. The van der Waals surface area contributed by atoms with Crippen molar-refractivity contribution in [1.82, 2.24) is 5.16 Å². The Hall–Kier alpha value is -1.000. The number of hydrogen-bond donors (Lipinski definition) is 1. The molecule has 0 bridgehead atoms. The van der Waals surface area contributed by atoms with Crippen LogP contribution in [0.25, 0.3) is 10.6 Å². The zero-order valence-electron chi connectivity index (χ0n) is 9.16. The van der Waals surface area contributed by atoms with Gasteiger partial charge in [-0.2, -0.15) is 0 Å². The molecule has 2 aromatic rings. The van der Waals surface area contributed by atoms with Gasteiger partial charge in [0.1, 0.15) is 0 Å². The van der Waals surface area contributed by atoms with Gasteiger partial charge in [0.05, 0.1) is 9.21 Å². The number of thiophene rings is 1. The van der Waals surface area contributed by atoms with Crippen molar-refractivity contribution in [2.24, 2.45) is 5.92 Å². The van der Waals surface area contributed by atoms with Gasteiger partial charge in [0, 0.05) is 5.56 Å². The zero-order valence-corrected chi connectivity index (χ0v) is 10.7. The first-order valence-corrected chi connectivity index (χ1v) is 6.27. The second kappa shape index (κ2) is 4.47. The number of anilines is 1. The lowest BCUT2D eigenvalue weighted by molar-refractivity contribution is 0.435. The minimum absolute atomic E-state index is 0.480. The van der Waals surface area contributed by atoms with Crippen LogP contribution in [0, 0.1) is 5.92 Å². The molecule has 5 heteroatoms. The van der Waals surface area contributed by atoms with E-state index in [0.717, 1.165) is 27.0 Å². The van der Waals surface area contributed by atoms with Crippen molar-refractivity contribution in [2.75, 3.05) is 5.73 Å². The summed E-state index contributed by atoms with van der Waals surface area (Å²) < 4.78 is 6.01. The summed E-state index contributed by atoms with van der Waals surface area (Å²) in [5.74, 6) is 1.74. The summed E-state index contributed by atoms with van der Waals surface area (Å²) in [6.07, 6.45) is 0.861. The van der Waals surface area contributed by atoms with Gasteiger partial charge in [0.25, 0.3) is 0 Å². The number of nitrogens with two attached hydrogens (primary N) is 1. The number of nitrogen functional groups attached to an aromatic ring is 1. The third kappa shape index (κ3) is 2.23. The highest BCUT2D eigenvalue weighted by molar-refractivity contribution is 7.19. The SMILES string of the molecule is CC(C)Cc1c(N)noc1-c1ccc(Cl)s1. The van der Waals surface area contributed by atoms with Crippen LogP contribution in [-0.4, -0.2) is 5.16 Å².